The van der Waals surface area contributed by atoms with Gasteiger partial charge in [-0.25, -0.2) is 9.29 Å². The summed E-state index contributed by atoms with van der Waals surface area (Å²) in [6, 6.07) is 19.6. The highest BCUT2D eigenvalue weighted by atomic mass is 35.5. The van der Waals surface area contributed by atoms with Crippen molar-refractivity contribution in [2.24, 2.45) is 0 Å². The van der Waals surface area contributed by atoms with Gasteiger partial charge in [0.15, 0.2) is 0 Å². The van der Waals surface area contributed by atoms with Gasteiger partial charge >= 0.3 is 0 Å². The molecule has 30 heavy (non-hydrogen) atoms. The maximum absolute atomic E-state index is 13.6. The molecule has 3 aromatic carbocycles. The van der Waals surface area contributed by atoms with Crippen LogP contribution in [0.1, 0.15) is 5.56 Å². The molecule has 150 valence electrons. The highest BCUT2D eigenvalue weighted by Crippen LogP contribution is 2.37. The zero-order chi connectivity index (χ0) is 21.4. The third-order valence-electron chi connectivity index (χ3n) is 4.83. The van der Waals surface area contributed by atoms with Gasteiger partial charge in [-0.2, -0.15) is 0 Å². The molecule has 3 aromatic rings. The van der Waals surface area contributed by atoms with Crippen molar-refractivity contribution in [3.8, 4) is 0 Å². The number of hydrogen-bond acceptors (Lipinski definition) is 3. The largest absolute Gasteiger partial charge is 0.339 e. The van der Waals surface area contributed by atoms with Crippen molar-refractivity contribution in [1.29, 1.82) is 0 Å². The van der Waals surface area contributed by atoms with E-state index < -0.39 is 17.6 Å². The van der Waals surface area contributed by atoms with Crippen LogP contribution in [0.25, 0.3) is 5.57 Å². The van der Waals surface area contributed by atoms with Crippen LogP contribution in [0.5, 0.6) is 0 Å². The number of nitrogens with zero attached hydrogens (tertiary/aromatic N) is 2. The van der Waals surface area contributed by atoms with Crippen molar-refractivity contribution < 1.29 is 14.0 Å². The zero-order valence-electron chi connectivity index (χ0n) is 15.8. The van der Waals surface area contributed by atoms with Crippen LogP contribution in [0.2, 0.25) is 10.0 Å². The smallest absolute Gasteiger partial charge is 0.282 e. The van der Waals surface area contributed by atoms with Crippen LogP contribution in [0.3, 0.4) is 0 Å². The quantitative estimate of drug-likeness (QED) is 0.499. The summed E-state index contributed by atoms with van der Waals surface area (Å²) in [6.07, 6.45) is 0. The normalized spacial score (nSPS) is 13.9. The Morgan fingerprint density at radius 2 is 1.53 bits per heavy atom. The van der Waals surface area contributed by atoms with Crippen LogP contribution in [0.4, 0.5) is 15.8 Å². The van der Waals surface area contributed by atoms with Crippen molar-refractivity contribution in [3.63, 3.8) is 0 Å². The number of carbonyl (C=O) groups is 2. The zero-order valence-corrected chi connectivity index (χ0v) is 17.3. The summed E-state index contributed by atoms with van der Waals surface area (Å²) < 4.78 is 13.6. The standard InChI is InChI=1S/C23H15Cl2FN2O2/c1-27(16-5-3-2-4-6-16)21-20(14-7-9-15(24)10-8-14)22(29)28(23(21)30)17-11-12-19(26)18(25)13-17/h2-13H,1H3. The lowest BCUT2D eigenvalue weighted by atomic mass is 10.0. The highest BCUT2D eigenvalue weighted by molar-refractivity contribution is 6.46. The molecule has 0 bridgehead atoms. The van der Waals surface area contributed by atoms with Gasteiger partial charge in [-0.1, -0.05) is 53.5 Å². The summed E-state index contributed by atoms with van der Waals surface area (Å²) in [4.78, 5) is 29.5. The van der Waals surface area contributed by atoms with E-state index in [0.29, 0.717) is 10.6 Å². The Kier molecular flexibility index (Phi) is 5.33. The third-order valence-corrected chi connectivity index (χ3v) is 5.37. The highest BCUT2D eigenvalue weighted by Gasteiger charge is 2.42. The van der Waals surface area contributed by atoms with Gasteiger partial charge in [-0.05, 0) is 48.0 Å². The van der Waals surface area contributed by atoms with E-state index in [2.05, 4.69) is 0 Å². The second-order valence-corrected chi connectivity index (χ2v) is 7.51. The van der Waals surface area contributed by atoms with E-state index in [1.54, 1.807) is 36.2 Å². The summed E-state index contributed by atoms with van der Waals surface area (Å²) in [7, 11) is 1.72. The van der Waals surface area contributed by atoms with Crippen LogP contribution in [0, 0.1) is 5.82 Å². The number of para-hydroxylation sites is 1. The minimum Gasteiger partial charge on any atom is -0.339 e. The lowest BCUT2D eigenvalue weighted by molar-refractivity contribution is -0.120. The molecule has 0 atom stereocenters. The van der Waals surface area contributed by atoms with E-state index in [1.165, 1.54) is 12.1 Å². The number of carbonyl (C=O) groups excluding carboxylic acids is 2. The summed E-state index contributed by atoms with van der Waals surface area (Å²) >= 11 is 11.9. The first-order chi connectivity index (χ1) is 14.4. The number of anilines is 2. The molecule has 0 N–H and O–H groups in total. The van der Waals surface area contributed by atoms with E-state index in [0.717, 1.165) is 16.7 Å². The Labute approximate surface area is 182 Å². The van der Waals surface area contributed by atoms with Crippen molar-refractivity contribution in [1.82, 2.24) is 0 Å². The lowest BCUT2D eigenvalue weighted by Crippen LogP contribution is -2.34. The van der Waals surface area contributed by atoms with Crippen molar-refractivity contribution >= 4 is 52.0 Å². The molecule has 0 aliphatic carbocycles. The molecular formula is C23H15Cl2FN2O2. The van der Waals surface area contributed by atoms with Gasteiger partial charge in [0.2, 0.25) is 0 Å². The van der Waals surface area contributed by atoms with Gasteiger partial charge < -0.3 is 4.90 Å². The fourth-order valence-corrected chi connectivity index (χ4v) is 3.65. The van der Waals surface area contributed by atoms with E-state index in [4.69, 9.17) is 23.2 Å². The summed E-state index contributed by atoms with van der Waals surface area (Å²) in [5.41, 5.74) is 1.90. The SMILES string of the molecule is CN(C1=C(c2ccc(Cl)cc2)C(=O)N(c2ccc(F)c(Cl)c2)C1=O)c1ccccc1. The molecule has 1 aliphatic heterocycles. The molecule has 4 nitrogen and oxygen atoms in total. The topological polar surface area (TPSA) is 40.6 Å². The second kappa shape index (κ2) is 7.94. The Balaban J connectivity index is 1.88. The number of benzene rings is 3. The molecule has 1 heterocycles. The number of hydrogen-bond donors (Lipinski definition) is 0. The first-order valence-electron chi connectivity index (χ1n) is 9.01. The van der Waals surface area contributed by atoms with Gasteiger partial charge in [0.25, 0.3) is 11.8 Å². The fraction of sp³-hybridized carbons (Fsp3) is 0.0435. The first-order valence-corrected chi connectivity index (χ1v) is 9.77. The second-order valence-electron chi connectivity index (χ2n) is 6.67. The Bertz CT molecular complexity index is 1180. The van der Waals surface area contributed by atoms with E-state index in [-0.39, 0.29) is 22.0 Å². The molecule has 0 saturated carbocycles. The summed E-state index contributed by atoms with van der Waals surface area (Å²) in [6.45, 7) is 0. The molecule has 0 fully saturated rings. The van der Waals surface area contributed by atoms with Gasteiger partial charge in [-0.3, -0.25) is 9.59 Å². The maximum Gasteiger partial charge on any atom is 0.282 e. The van der Waals surface area contributed by atoms with Crippen LogP contribution in [0.15, 0.2) is 78.5 Å². The molecule has 0 unspecified atom stereocenters. The number of amides is 2. The minimum absolute atomic E-state index is 0.175. The number of halogens is 3. The number of imide groups is 1. The first kappa shape index (κ1) is 20.1. The number of likely N-dealkylation sites (N-methyl/N-ethyl adjacent to an activating group) is 1. The number of rotatable bonds is 4. The molecule has 4 rings (SSSR count). The molecule has 0 spiro atoms. The predicted octanol–water partition coefficient (Wildman–Crippen LogP) is 5.55. The molecule has 2 amide bonds. The van der Waals surface area contributed by atoms with Crippen LogP contribution in [-0.4, -0.2) is 18.9 Å². The van der Waals surface area contributed by atoms with Crippen molar-refractivity contribution in [3.05, 3.63) is 99.9 Å². The fourth-order valence-electron chi connectivity index (χ4n) is 3.35. The van der Waals surface area contributed by atoms with E-state index >= 15 is 0 Å². The summed E-state index contributed by atoms with van der Waals surface area (Å²) in [5, 5.41) is 0.335. The molecular weight excluding hydrogens is 426 g/mol. The van der Waals surface area contributed by atoms with Gasteiger partial charge in [0.1, 0.15) is 11.5 Å². The Morgan fingerprint density at radius 3 is 2.17 bits per heavy atom. The van der Waals surface area contributed by atoms with Gasteiger partial charge in [0, 0.05) is 17.8 Å². The van der Waals surface area contributed by atoms with Gasteiger partial charge in [0.05, 0.1) is 16.3 Å². The summed E-state index contributed by atoms with van der Waals surface area (Å²) in [5.74, 6) is -1.69. The molecule has 0 radical (unpaired) electrons. The van der Waals surface area contributed by atoms with E-state index in [1.807, 2.05) is 30.3 Å². The Morgan fingerprint density at radius 1 is 0.867 bits per heavy atom. The molecule has 1 aliphatic rings. The van der Waals surface area contributed by atoms with Crippen molar-refractivity contribution in [2.75, 3.05) is 16.8 Å². The monoisotopic (exact) mass is 440 g/mol. The predicted molar refractivity (Wildman–Crippen MR) is 117 cm³/mol. The molecule has 0 aromatic heterocycles. The Hall–Kier alpha value is -3.15. The van der Waals surface area contributed by atoms with E-state index in [9.17, 15) is 14.0 Å². The van der Waals surface area contributed by atoms with Gasteiger partial charge in [-0.15, -0.1) is 0 Å². The van der Waals surface area contributed by atoms with Crippen molar-refractivity contribution in [2.45, 2.75) is 0 Å². The third kappa shape index (κ3) is 3.47. The maximum atomic E-state index is 13.6. The van der Waals surface area contributed by atoms with Crippen LogP contribution in [-0.2, 0) is 9.59 Å². The average Bonchev–Trinajstić information content (AvgIpc) is 3.01. The molecule has 7 heteroatoms. The molecule has 0 saturated heterocycles. The lowest BCUT2D eigenvalue weighted by Gasteiger charge is -2.21. The minimum atomic E-state index is -0.632. The van der Waals surface area contributed by atoms with Crippen LogP contribution >= 0.6 is 23.2 Å². The average molecular weight is 441 g/mol. The van der Waals surface area contributed by atoms with Crippen LogP contribution < -0.4 is 9.80 Å².